The summed E-state index contributed by atoms with van der Waals surface area (Å²) >= 11 is 0. The topological polar surface area (TPSA) is 99.6 Å². The fourth-order valence-electron chi connectivity index (χ4n) is 2.87. The van der Waals surface area contributed by atoms with E-state index in [1.54, 1.807) is 0 Å². The van der Waals surface area contributed by atoms with Crippen LogP contribution >= 0.6 is 0 Å². The first-order chi connectivity index (χ1) is 15.8. The number of carbonyl (C=O) groups is 1. The minimum atomic E-state index is -3.04. The molecule has 3 rings (SSSR count). The number of nitrogens with zero attached hydrogens (tertiary/aromatic N) is 1. The number of rotatable bonds is 10. The summed E-state index contributed by atoms with van der Waals surface area (Å²) in [5.41, 5.74) is 5.95. The van der Waals surface area contributed by atoms with Crippen LogP contribution in [-0.2, 0) is 13.1 Å². The molecule has 0 atom stereocenters. The number of aromatic nitrogens is 1. The van der Waals surface area contributed by atoms with Gasteiger partial charge in [-0.2, -0.15) is 8.78 Å². The molecular formula is C22H21F4N3O4. The fraction of sp³-hybridized carbons (Fsp3) is 0.273. The van der Waals surface area contributed by atoms with E-state index >= 15 is 0 Å². The number of nitrogens with two attached hydrogens (primary N) is 1. The number of hydrogen-bond donors (Lipinski definition) is 2. The van der Waals surface area contributed by atoms with E-state index in [4.69, 9.17) is 14.9 Å². The van der Waals surface area contributed by atoms with Crippen molar-refractivity contribution in [1.82, 2.24) is 10.3 Å². The Morgan fingerprint density at radius 1 is 1.18 bits per heavy atom. The molecule has 3 N–H and O–H groups in total. The van der Waals surface area contributed by atoms with E-state index in [9.17, 15) is 22.4 Å². The molecule has 0 fully saturated rings. The molecule has 33 heavy (non-hydrogen) atoms. The van der Waals surface area contributed by atoms with Crippen LogP contribution in [0.3, 0.4) is 0 Å². The molecule has 0 saturated heterocycles. The van der Waals surface area contributed by atoms with Crippen LogP contribution in [0, 0.1) is 11.6 Å². The lowest BCUT2D eigenvalue weighted by Crippen LogP contribution is -2.25. The van der Waals surface area contributed by atoms with Crippen LogP contribution in [0.4, 0.5) is 17.6 Å². The van der Waals surface area contributed by atoms with Gasteiger partial charge in [-0.1, -0.05) is 13.0 Å². The van der Waals surface area contributed by atoms with Crippen LogP contribution < -0.4 is 20.5 Å². The van der Waals surface area contributed by atoms with Crippen LogP contribution in [-0.4, -0.2) is 24.1 Å². The van der Waals surface area contributed by atoms with Crippen molar-refractivity contribution < 1.29 is 36.2 Å². The maximum absolute atomic E-state index is 13.8. The summed E-state index contributed by atoms with van der Waals surface area (Å²) in [4.78, 5) is 16.7. The molecule has 1 aromatic heterocycles. The van der Waals surface area contributed by atoms with Crippen LogP contribution in [0.2, 0.25) is 0 Å². The summed E-state index contributed by atoms with van der Waals surface area (Å²) in [5.74, 6) is -2.27. The third-order valence-electron chi connectivity index (χ3n) is 4.42. The van der Waals surface area contributed by atoms with Crippen molar-refractivity contribution in [3.63, 3.8) is 0 Å². The zero-order valence-corrected chi connectivity index (χ0v) is 17.5. The number of halogens is 4. The molecule has 7 nitrogen and oxygen atoms in total. The van der Waals surface area contributed by atoms with Gasteiger partial charge in [-0.3, -0.25) is 4.79 Å². The van der Waals surface area contributed by atoms with Crippen molar-refractivity contribution in [1.29, 1.82) is 0 Å². The van der Waals surface area contributed by atoms with E-state index in [2.05, 4.69) is 15.0 Å². The van der Waals surface area contributed by atoms with Crippen LogP contribution in [0.25, 0.3) is 11.5 Å². The maximum atomic E-state index is 13.8. The van der Waals surface area contributed by atoms with Gasteiger partial charge in [0.25, 0.3) is 5.91 Å². The summed E-state index contributed by atoms with van der Waals surface area (Å²) in [7, 11) is 0. The maximum Gasteiger partial charge on any atom is 0.387 e. The van der Waals surface area contributed by atoms with Gasteiger partial charge >= 0.3 is 6.61 Å². The molecule has 1 amide bonds. The van der Waals surface area contributed by atoms with Crippen molar-refractivity contribution in [2.24, 2.45) is 5.73 Å². The van der Waals surface area contributed by atoms with Crippen molar-refractivity contribution in [3.05, 3.63) is 65.1 Å². The first-order valence-electron chi connectivity index (χ1n) is 9.96. The number of amides is 1. The first-order valence-corrected chi connectivity index (χ1v) is 9.96. The third kappa shape index (κ3) is 6.01. The van der Waals surface area contributed by atoms with Crippen molar-refractivity contribution in [3.8, 4) is 23.0 Å². The highest BCUT2D eigenvalue weighted by molar-refractivity contribution is 5.93. The summed E-state index contributed by atoms with van der Waals surface area (Å²) < 4.78 is 67.7. The number of ether oxygens (including phenoxy) is 2. The third-order valence-corrected chi connectivity index (χ3v) is 4.42. The molecule has 11 heteroatoms. The second kappa shape index (κ2) is 10.8. The van der Waals surface area contributed by atoms with E-state index < -0.39 is 24.2 Å². The molecule has 0 aliphatic heterocycles. The van der Waals surface area contributed by atoms with Crippen LogP contribution in [0.5, 0.6) is 11.5 Å². The molecular weight excluding hydrogens is 446 g/mol. The molecule has 0 saturated carbocycles. The summed E-state index contributed by atoms with van der Waals surface area (Å²) in [5, 5.41) is 2.48. The fourth-order valence-corrected chi connectivity index (χ4v) is 2.87. The molecule has 0 aliphatic carbocycles. The summed E-state index contributed by atoms with van der Waals surface area (Å²) in [6.07, 6.45) is 0.633. The number of carbonyl (C=O) groups excluding carboxylic acids is 1. The largest absolute Gasteiger partial charge is 0.490 e. The van der Waals surface area contributed by atoms with Gasteiger partial charge in [0.2, 0.25) is 5.89 Å². The first kappa shape index (κ1) is 24.1. The predicted molar refractivity (Wildman–Crippen MR) is 110 cm³/mol. The predicted octanol–water partition coefficient (Wildman–Crippen LogP) is 4.40. The smallest absolute Gasteiger partial charge is 0.387 e. The minimum Gasteiger partial charge on any atom is -0.490 e. The quantitative estimate of drug-likeness (QED) is 0.429. The Bertz CT molecular complexity index is 1120. The van der Waals surface area contributed by atoms with Gasteiger partial charge in [-0.15, -0.1) is 0 Å². The molecule has 0 aliphatic rings. The Balaban J connectivity index is 1.84. The Kier molecular flexibility index (Phi) is 7.88. The van der Waals surface area contributed by atoms with E-state index in [0.717, 1.165) is 6.07 Å². The Labute approximate surface area is 186 Å². The molecule has 3 aromatic rings. The second-order valence-corrected chi connectivity index (χ2v) is 6.80. The molecule has 2 aromatic carbocycles. The normalized spacial score (nSPS) is 11.0. The zero-order chi connectivity index (χ0) is 24.0. The highest BCUT2D eigenvalue weighted by Gasteiger charge is 2.22. The highest BCUT2D eigenvalue weighted by atomic mass is 19.3. The van der Waals surface area contributed by atoms with Gasteiger partial charge in [0.05, 0.1) is 13.2 Å². The standard InChI is InChI=1S/C22H21F4N3O4/c1-2-7-31-17-8-12(4-6-16(17)33-22(25)26)21-29-19(18(10-27)32-21)20(30)28-11-13-3-5-14(23)9-15(13)24/h3-6,8-9,22H,2,7,10-11,27H2,1H3,(H,28,30). The van der Waals surface area contributed by atoms with Crippen molar-refractivity contribution in [2.45, 2.75) is 33.0 Å². The Hall–Kier alpha value is -3.60. The van der Waals surface area contributed by atoms with Crippen molar-refractivity contribution in [2.75, 3.05) is 6.61 Å². The lowest BCUT2D eigenvalue weighted by molar-refractivity contribution is -0.0514. The number of hydrogen-bond acceptors (Lipinski definition) is 6. The van der Waals surface area contributed by atoms with Gasteiger partial charge in [0, 0.05) is 23.7 Å². The molecule has 0 spiro atoms. The Morgan fingerprint density at radius 3 is 2.64 bits per heavy atom. The zero-order valence-electron chi connectivity index (χ0n) is 17.5. The van der Waals surface area contributed by atoms with Crippen molar-refractivity contribution >= 4 is 5.91 Å². The number of nitrogens with one attached hydrogen (secondary N) is 1. The minimum absolute atomic E-state index is 0.00138. The molecule has 0 unspecified atom stereocenters. The van der Waals surface area contributed by atoms with E-state index in [-0.39, 0.29) is 54.1 Å². The van der Waals surface area contributed by atoms with Gasteiger partial charge < -0.3 is 24.9 Å². The second-order valence-electron chi connectivity index (χ2n) is 6.80. The lowest BCUT2D eigenvalue weighted by atomic mass is 10.2. The summed E-state index contributed by atoms with van der Waals surface area (Å²) in [6, 6.07) is 7.08. The monoisotopic (exact) mass is 467 g/mol. The number of alkyl halides is 2. The van der Waals surface area contributed by atoms with Gasteiger partial charge in [0.1, 0.15) is 11.6 Å². The van der Waals surface area contributed by atoms with E-state index in [1.165, 1.54) is 24.3 Å². The lowest BCUT2D eigenvalue weighted by Gasteiger charge is -2.12. The van der Waals surface area contributed by atoms with Crippen LogP contribution in [0.15, 0.2) is 40.8 Å². The SMILES string of the molecule is CCCOc1cc(-c2nc(C(=O)NCc3ccc(F)cc3F)c(CN)o2)ccc1OC(F)F. The van der Waals surface area contributed by atoms with Gasteiger partial charge in [-0.05, 0) is 30.7 Å². The average Bonchev–Trinajstić information content (AvgIpc) is 3.22. The average molecular weight is 467 g/mol. The van der Waals surface area contributed by atoms with Gasteiger partial charge in [-0.25, -0.2) is 13.8 Å². The molecule has 176 valence electrons. The van der Waals surface area contributed by atoms with E-state index in [1.807, 2.05) is 6.92 Å². The molecule has 1 heterocycles. The van der Waals surface area contributed by atoms with E-state index in [0.29, 0.717) is 18.1 Å². The summed E-state index contributed by atoms with van der Waals surface area (Å²) in [6.45, 7) is -1.30. The molecule has 0 bridgehead atoms. The number of benzene rings is 2. The number of oxazole rings is 1. The van der Waals surface area contributed by atoms with Crippen LogP contribution in [0.1, 0.15) is 35.2 Å². The molecule has 0 radical (unpaired) electrons. The highest BCUT2D eigenvalue weighted by Crippen LogP contribution is 2.34. The van der Waals surface area contributed by atoms with Gasteiger partial charge in [0.15, 0.2) is 23.0 Å². The Morgan fingerprint density at radius 2 is 1.97 bits per heavy atom.